The molecule has 0 radical (unpaired) electrons. The number of carbonyl (C=O) groups is 2. The summed E-state index contributed by atoms with van der Waals surface area (Å²) in [6, 6.07) is 8.91. The first kappa shape index (κ1) is 19.2. The molecule has 0 aromatic heterocycles. The van der Waals surface area contributed by atoms with Gasteiger partial charge in [-0.2, -0.15) is 18.4 Å². The Morgan fingerprint density at radius 3 is 2.61 bits per heavy atom. The number of halogens is 3. The number of benzene rings is 2. The topological polar surface area (TPSA) is 82.4 Å². The van der Waals surface area contributed by atoms with Gasteiger partial charge in [0.2, 0.25) is 0 Å². The van der Waals surface area contributed by atoms with E-state index in [1.54, 1.807) is 6.07 Å². The van der Waals surface area contributed by atoms with E-state index in [-0.39, 0.29) is 12.1 Å². The summed E-state index contributed by atoms with van der Waals surface area (Å²) in [5, 5.41) is 11.4. The van der Waals surface area contributed by atoms with Gasteiger partial charge >= 0.3 is 12.2 Å². The molecule has 2 aromatic rings. The van der Waals surface area contributed by atoms with E-state index in [4.69, 9.17) is 10.00 Å². The SMILES string of the molecule is COc1cc(CN2C(=O)NC(c3cccc(C(F)(F)F)c3)C2=O)ccc1C#N. The van der Waals surface area contributed by atoms with Crippen molar-refractivity contribution in [2.75, 3.05) is 7.11 Å². The first-order chi connectivity index (χ1) is 13.2. The van der Waals surface area contributed by atoms with E-state index in [0.717, 1.165) is 17.0 Å². The smallest absolute Gasteiger partial charge is 0.416 e. The lowest BCUT2D eigenvalue weighted by atomic mass is 10.0. The number of carbonyl (C=O) groups excluding carboxylic acids is 2. The molecule has 2 aromatic carbocycles. The second-order valence-corrected chi connectivity index (χ2v) is 6.08. The Bertz CT molecular complexity index is 982. The molecule has 1 atom stereocenters. The maximum Gasteiger partial charge on any atom is 0.416 e. The minimum Gasteiger partial charge on any atom is -0.495 e. The number of nitriles is 1. The third-order valence-corrected chi connectivity index (χ3v) is 4.30. The predicted molar refractivity (Wildman–Crippen MR) is 91.0 cm³/mol. The molecule has 3 rings (SSSR count). The summed E-state index contributed by atoms with van der Waals surface area (Å²) in [4.78, 5) is 25.8. The fourth-order valence-corrected chi connectivity index (χ4v) is 2.90. The van der Waals surface area contributed by atoms with Crippen LogP contribution in [0.25, 0.3) is 0 Å². The summed E-state index contributed by atoms with van der Waals surface area (Å²) >= 11 is 0. The number of methoxy groups -OCH3 is 1. The first-order valence-corrected chi connectivity index (χ1v) is 8.10. The lowest BCUT2D eigenvalue weighted by Gasteiger charge is -2.15. The summed E-state index contributed by atoms with van der Waals surface area (Å²) in [6.07, 6.45) is -4.56. The maximum absolute atomic E-state index is 12.9. The average molecular weight is 389 g/mol. The van der Waals surface area contributed by atoms with E-state index in [2.05, 4.69) is 5.32 Å². The zero-order chi connectivity index (χ0) is 20.5. The minimum atomic E-state index is -4.56. The van der Waals surface area contributed by atoms with Crippen LogP contribution in [-0.2, 0) is 17.5 Å². The van der Waals surface area contributed by atoms with Crippen molar-refractivity contribution >= 4 is 11.9 Å². The van der Waals surface area contributed by atoms with E-state index < -0.39 is 29.7 Å². The first-order valence-electron chi connectivity index (χ1n) is 8.10. The molecule has 28 heavy (non-hydrogen) atoms. The second-order valence-electron chi connectivity index (χ2n) is 6.08. The zero-order valence-corrected chi connectivity index (χ0v) is 14.6. The molecule has 1 aliphatic heterocycles. The van der Waals surface area contributed by atoms with Gasteiger partial charge < -0.3 is 10.1 Å². The normalized spacial score (nSPS) is 16.7. The highest BCUT2D eigenvalue weighted by atomic mass is 19.4. The largest absolute Gasteiger partial charge is 0.495 e. The fraction of sp³-hybridized carbons (Fsp3) is 0.211. The molecule has 144 valence electrons. The van der Waals surface area contributed by atoms with E-state index in [0.29, 0.717) is 16.9 Å². The number of nitrogens with zero attached hydrogens (tertiary/aromatic N) is 2. The molecular formula is C19H14F3N3O3. The summed E-state index contributed by atoms with van der Waals surface area (Å²) < 4.78 is 43.8. The van der Waals surface area contributed by atoms with E-state index in [9.17, 15) is 22.8 Å². The van der Waals surface area contributed by atoms with Crippen molar-refractivity contribution in [3.05, 3.63) is 64.7 Å². The number of imide groups is 1. The summed E-state index contributed by atoms with van der Waals surface area (Å²) in [5.41, 5.74) is -0.0234. The Morgan fingerprint density at radius 2 is 1.96 bits per heavy atom. The van der Waals surface area contributed by atoms with Crippen molar-refractivity contribution < 1.29 is 27.5 Å². The van der Waals surface area contributed by atoms with E-state index in [1.165, 1.54) is 31.4 Å². The third-order valence-electron chi connectivity index (χ3n) is 4.30. The Kier molecular flexibility index (Phi) is 4.96. The van der Waals surface area contributed by atoms with Crippen molar-refractivity contribution in [3.8, 4) is 11.8 Å². The Labute approximate surface area is 158 Å². The summed E-state index contributed by atoms with van der Waals surface area (Å²) in [6.45, 7) is -0.109. The number of hydrogen-bond acceptors (Lipinski definition) is 4. The fourth-order valence-electron chi connectivity index (χ4n) is 2.90. The minimum absolute atomic E-state index is 0.0492. The number of rotatable bonds is 4. The number of amides is 3. The lowest BCUT2D eigenvalue weighted by molar-refractivity contribution is -0.137. The van der Waals surface area contributed by atoms with Crippen molar-refractivity contribution in [1.82, 2.24) is 10.2 Å². The Morgan fingerprint density at radius 1 is 1.21 bits per heavy atom. The highest BCUT2D eigenvalue weighted by Gasteiger charge is 2.40. The van der Waals surface area contributed by atoms with E-state index in [1.807, 2.05) is 6.07 Å². The molecule has 1 N–H and O–H groups in total. The van der Waals surface area contributed by atoms with Crippen LogP contribution in [0.15, 0.2) is 42.5 Å². The van der Waals surface area contributed by atoms with Crippen LogP contribution in [0.2, 0.25) is 0 Å². The molecule has 1 aliphatic rings. The van der Waals surface area contributed by atoms with Crippen LogP contribution in [0.5, 0.6) is 5.75 Å². The van der Waals surface area contributed by atoms with Gasteiger partial charge in [-0.05, 0) is 35.4 Å². The number of nitrogens with one attached hydrogen (secondary N) is 1. The number of urea groups is 1. The highest BCUT2D eigenvalue weighted by molar-refractivity contribution is 6.04. The molecule has 6 nitrogen and oxygen atoms in total. The predicted octanol–water partition coefficient (Wildman–Crippen LogP) is 3.38. The van der Waals surface area contributed by atoms with Gasteiger partial charge in [0.1, 0.15) is 17.9 Å². The third kappa shape index (κ3) is 3.62. The molecule has 1 unspecified atom stereocenters. The molecule has 9 heteroatoms. The van der Waals surface area contributed by atoms with Crippen LogP contribution in [-0.4, -0.2) is 23.9 Å². The number of ether oxygens (including phenoxy) is 1. The van der Waals surface area contributed by atoms with Gasteiger partial charge in [0.15, 0.2) is 0 Å². The summed E-state index contributed by atoms with van der Waals surface area (Å²) in [5.74, 6) is -0.367. The number of alkyl halides is 3. The maximum atomic E-state index is 12.9. The zero-order valence-electron chi connectivity index (χ0n) is 14.6. The molecule has 1 heterocycles. The average Bonchev–Trinajstić information content (AvgIpc) is 2.95. The Balaban J connectivity index is 1.84. The van der Waals surface area contributed by atoms with Crippen LogP contribution in [0.3, 0.4) is 0 Å². The van der Waals surface area contributed by atoms with Crippen LogP contribution < -0.4 is 10.1 Å². The molecule has 3 amide bonds. The molecule has 0 spiro atoms. The van der Waals surface area contributed by atoms with Gasteiger partial charge in [-0.1, -0.05) is 18.2 Å². The van der Waals surface area contributed by atoms with Gasteiger partial charge in [0.25, 0.3) is 5.91 Å². The van der Waals surface area contributed by atoms with Gasteiger partial charge in [-0.15, -0.1) is 0 Å². The molecule has 1 fully saturated rings. The van der Waals surface area contributed by atoms with Crippen molar-refractivity contribution in [1.29, 1.82) is 5.26 Å². The van der Waals surface area contributed by atoms with Crippen molar-refractivity contribution in [3.63, 3.8) is 0 Å². The molecule has 0 aliphatic carbocycles. The van der Waals surface area contributed by atoms with Gasteiger partial charge in [-0.25, -0.2) is 4.79 Å². The van der Waals surface area contributed by atoms with Crippen LogP contribution in [0.4, 0.5) is 18.0 Å². The molecule has 1 saturated heterocycles. The lowest BCUT2D eigenvalue weighted by Crippen LogP contribution is -2.30. The Hall–Kier alpha value is -3.54. The van der Waals surface area contributed by atoms with Gasteiger partial charge in [-0.3, -0.25) is 9.69 Å². The van der Waals surface area contributed by atoms with Crippen LogP contribution >= 0.6 is 0 Å². The van der Waals surface area contributed by atoms with Crippen molar-refractivity contribution in [2.24, 2.45) is 0 Å². The molecule has 0 bridgehead atoms. The highest BCUT2D eigenvalue weighted by Crippen LogP contribution is 2.32. The molecule has 0 saturated carbocycles. The van der Waals surface area contributed by atoms with Crippen LogP contribution in [0.1, 0.15) is 28.3 Å². The summed E-state index contributed by atoms with van der Waals surface area (Å²) in [7, 11) is 1.39. The quantitative estimate of drug-likeness (QED) is 0.813. The standard InChI is InChI=1S/C19H14F3N3O3/c1-28-15-7-11(5-6-13(15)9-23)10-25-17(26)16(24-18(25)27)12-3-2-4-14(8-12)19(20,21)22/h2-8,16H,10H2,1H3,(H,24,27). The van der Waals surface area contributed by atoms with Gasteiger partial charge in [0, 0.05) is 0 Å². The second kappa shape index (κ2) is 7.23. The molecular weight excluding hydrogens is 375 g/mol. The van der Waals surface area contributed by atoms with E-state index >= 15 is 0 Å². The number of hydrogen-bond donors (Lipinski definition) is 1. The van der Waals surface area contributed by atoms with Crippen LogP contribution in [0, 0.1) is 11.3 Å². The monoisotopic (exact) mass is 389 g/mol. The van der Waals surface area contributed by atoms with Gasteiger partial charge in [0.05, 0.1) is 24.8 Å². The van der Waals surface area contributed by atoms with Crippen molar-refractivity contribution in [2.45, 2.75) is 18.8 Å².